The van der Waals surface area contributed by atoms with Gasteiger partial charge in [0.15, 0.2) is 0 Å². The monoisotopic (exact) mass is 274 g/mol. The Kier molecular flexibility index (Phi) is 4.23. The second-order valence-corrected chi connectivity index (χ2v) is 9.72. The molecule has 0 aliphatic heterocycles. The maximum absolute atomic E-state index is 13.4. The second-order valence-electron chi connectivity index (χ2n) is 4.97. The van der Waals surface area contributed by atoms with E-state index in [2.05, 4.69) is 11.5 Å². The lowest BCUT2D eigenvalue weighted by Crippen LogP contribution is -2.24. The summed E-state index contributed by atoms with van der Waals surface area (Å²) in [5, 5.41) is 0. The molecule has 0 aliphatic rings. The molecule has 5 heteroatoms. The molecule has 98 valence electrons. The molecule has 0 fully saturated rings. The van der Waals surface area contributed by atoms with Crippen molar-refractivity contribution in [3.05, 3.63) is 35.4 Å². The van der Waals surface area contributed by atoms with Crippen LogP contribution in [0.5, 0.6) is 0 Å². The lowest BCUT2D eigenvalue weighted by molar-refractivity contribution is -0.135. The van der Waals surface area contributed by atoms with Crippen molar-refractivity contribution in [1.82, 2.24) is 0 Å². The lowest BCUT2D eigenvalue weighted by Gasteiger charge is -2.17. The molecule has 0 unspecified atom stereocenters. The summed E-state index contributed by atoms with van der Waals surface area (Å²) in [5.41, 5.74) is 2.17. The first-order chi connectivity index (χ1) is 8.14. The van der Waals surface area contributed by atoms with Crippen molar-refractivity contribution in [2.75, 3.05) is 0 Å². The van der Waals surface area contributed by atoms with Crippen molar-refractivity contribution in [2.45, 2.75) is 32.0 Å². The number of hydrogen-bond donors (Lipinski definition) is 0. The van der Waals surface area contributed by atoms with Crippen LogP contribution >= 0.6 is 0 Å². The van der Waals surface area contributed by atoms with Gasteiger partial charge in [-0.05, 0) is 6.07 Å². The lowest BCUT2D eigenvalue weighted by atomic mass is 10.0. The minimum absolute atomic E-state index is 0.0229. The second kappa shape index (κ2) is 5.15. The molecule has 0 spiro atoms. The molecular formula is C13H14F4Si. The van der Waals surface area contributed by atoms with Crippen LogP contribution in [0.25, 0.3) is 0 Å². The zero-order valence-corrected chi connectivity index (χ0v) is 11.4. The van der Waals surface area contributed by atoms with Crippen LogP contribution in [0, 0.1) is 11.5 Å². The van der Waals surface area contributed by atoms with Gasteiger partial charge in [-0.25, -0.2) is 8.78 Å². The summed E-state index contributed by atoms with van der Waals surface area (Å²) in [5.74, 6) is -1.55. The summed E-state index contributed by atoms with van der Waals surface area (Å²) in [6, 6.07) is 5.17. The minimum atomic E-state index is -4.16. The Morgan fingerprint density at radius 2 is 1.67 bits per heavy atom. The molecule has 18 heavy (non-hydrogen) atoms. The van der Waals surface area contributed by atoms with Crippen LogP contribution in [0.4, 0.5) is 17.6 Å². The van der Waals surface area contributed by atoms with E-state index in [-0.39, 0.29) is 5.56 Å². The Balaban J connectivity index is 3.27. The summed E-state index contributed by atoms with van der Waals surface area (Å²) < 4.78 is 51.4. The number of hydrogen-bond acceptors (Lipinski definition) is 0. The molecule has 1 aromatic carbocycles. The van der Waals surface area contributed by atoms with Gasteiger partial charge in [0.25, 0.3) is 0 Å². The van der Waals surface area contributed by atoms with Crippen molar-refractivity contribution in [2.24, 2.45) is 0 Å². The van der Waals surface area contributed by atoms with Gasteiger partial charge < -0.3 is 0 Å². The molecule has 0 atom stereocenters. The Bertz CT molecular complexity index is 478. The number of halogens is 4. The molecule has 0 N–H and O–H groups in total. The fraction of sp³-hybridized carbons (Fsp3) is 0.385. The van der Waals surface area contributed by atoms with Gasteiger partial charge in [-0.3, -0.25) is 0 Å². The average Bonchev–Trinajstić information content (AvgIpc) is 2.25. The van der Waals surface area contributed by atoms with Gasteiger partial charge in [-0.1, -0.05) is 43.8 Å². The highest BCUT2D eigenvalue weighted by Crippen LogP contribution is 2.36. The third-order valence-corrected chi connectivity index (χ3v) is 3.01. The van der Waals surface area contributed by atoms with E-state index in [1.54, 1.807) is 0 Å². The Labute approximate surface area is 105 Å². The van der Waals surface area contributed by atoms with E-state index in [0.717, 1.165) is 6.07 Å². The fourth-order valence-corrected chi connectivity index (χ4v) is 1.76. The maximum atomic E-state index is 13.4. The summed E-state index contributed by atoms with van der Waals surface area (Å²) >= 11 is 0. The average molecular weight is 274 g/mol. The van der Waals surface area contributed by atoms with Gasteiger partial charge in [0.2, 0.25) is 0 Å². The highest BCUT2D eigenvalue weighted by molar-refractivity contribution is 6.83. The smallest absolute Gasteiger partial charge is 0.203 e. The quantitative estimate of drug-likeness (QED) is 0.429. The molecule has 0 aliphatic carbocycles. The van der Waals surface area contributed by atoms with Crippen molar-refractivity contribution in [3.63, 3.8) is 0 Å². The largest absolute Gasteiger partial charge is 0.333 e. The molecule has 0 amide bonds. The van der Waals surface area contributed by atoms with E-state index in [0.29, 0.717) is 0 Å². The Hall–Kier alpha value is -1.28. The SMILES string of the molecule is C[Si](C)(C)C#Cc1ccccc1C(F)(F)C(F)F. The molecule has 0 bridgehead atoms. The Morgan fingerprint density at radius 1 is 1.11 bits per heavy atom. The van der Waals surface area contributed by atoms with Crippen molar-refractivity contribution in [3.8, 4) is 11.5 Å². The van der Waals surface area contributed by atoms with Crippen molar-refractivity contribution < 1.29 is 17.6 Å². The topological polar surface area (TPSA) is 0 Å². The molecule has 0 aromatic heterocycles. The third kappa shape index (κ3) is 3.60. The van der Waals surface area contributed by atoms with Crippen molar-refractivity contribution in [1.29, 1.82) is 0 Å². The molecule has 0 saturated carbocycles. The minimum Gasteiger partial charge on any atom is -0.203 e. The first-order valence-corrected chi connectivity index (χ1v) is 8.93. The van der Waals surface area contributed by atoms with Gasteiger partial charge in [-0.2, -0.15) is 8.78 Å². The van der Waals surface area contributed by atoms with Crippen LogP contribution in [0.15, 0.2) is 24.3 Å². The molecule has 0 saturated heterocycles. The molecule has 0 radical (unpaired) electrons. The highest BCUT2D eigenvalue weighted by atomic mass is 28.3. The highest BCUT2D eigenvalue weighted by Gasteiger charge is 2.44. The van der Waals surface area contributed by atoms with Crippen LogP contribution in [-0.4, -0.2) is 14.5 Å². The maximum Gasteiger partial charge on any atom is 0.333 e. The summed E-state index contributed by atoms with van der Waals surface area (Å²) in [6.07, 6.45) is -3.73. The van der Waals surface area contributed by atoms with Gasteiger partial charge in [-0.15, -0.1) is 5.54 Å². The first kappa shape index (κ1) is 14.8. The van der Waals surface area contributed by atoms with E-state index >= 15 is 0 Å². The zero-order valence-electron chi connectivity index (χ0n) is 10.4. The zero-order chi connectivity index (χ0) is 14.0. The Morgan fingerprint density at radius 3 is 2.17 bits per heavy atom. The van der Waals surface area contributed by atoms with Crippen LogP contribution < -0.4 is 0 Å². The first-order valence-electron chi connectivity index (χ1n) is 5.43. The van der Waals surface area contributed by atoms with E-state index in [9.17, 15) is 17.6 Å². The van der Waals surface area contributed by atoms with Gasteiger partial charge in [0.05, 0.1) is 0 Å². The molecule has 0 nitrogen and oxygen atoms in total. The van der Waals surface area contributed by atoms with E-state index in [1.165, 1.54) is 18.2 Å². The van der Waals surface area contributed by atoms with Gasteiger partial charge >= 0.3 is 12.3 Å². The van der Waals surface area contributed by atoms with Crippen LogP contribution in [0.2, 0.25) is 19.6 Å². The molecule has 1 rings (SSSR count). The van der Waals surface area contributed by atoms with E-state index in [1.807, 2.05) is 19.6 Å². The van der Waals surface area contributed by atoms with E-state index in [4.69, 9.17) is 0 Å². The third-order valence-electron chi connectivity index (χ3n) is 2.13. The van der Waals surface area contributed by atoms with Crippen LogP contribution in [-0.2, 0) is 5.92 Å². The predicted octanol–water partition coefficient (Wildman–Crippen LogP) is 4.27. The molecule has 1 aromatic rings. The predicted molar refractivity (Wildman–Crippen MR) is 66.6 cm³/mol. The molecular weight excluding hydrogens is 260 g/mol. The normalized spacial score (nSPS) is 12.2. The van der Waals surface area contributed by atoms with Crippen LogP contribution in [0.3, 0.4) is 0 Å². The number of rotatable bonds is 2. The number of benzene rings is 1. The van der Waals surface area contributed by atoms with Crippen LogP contribution in [0.1, 0.15) is 11.1 Å². The standard InChI is InChI=1S/C13H14F4Si/c1-18(2,3)9-8-10-6-4-5-7-11(10)13(16,17)12(14)15/h4-7,12H,1-3H3. The van der Waals surface area contributed by atoms with Gasteiger partial charge in [0.1, 0.15) is 8.07 Å². The number of alkyl halides is 4. The molecule has 0 heterocycles. The summed E-state index contributed by atoms with van der Waals surface area (Å²) in [7, 11) is -1.74. The summed E-state index contributed by atoms with van der Waals surface area (Å²) in [4.78, 5) is 0. The fourth-order valence-electron chi connectivity index (χ4n) is 1.26. The van der Waals surface area contributed by atoms with Gasteiger partial charge in [0, 0.05) is 11.1 Å². The summed E-state index contributed by atoms with van der Waals surface area (Å²) in [6.45, 7) is 5.86. The van der Waals surface area contributed by atoms with Crippen molar-refractivity contribution >= 4 is 8.07 Å². The van der Waals surface area contributed by atoms with E-state index < -0.39 is 26.0 Å².